The average molecular weight is 173 g/mol. The first-order chi connectivity index (χ1) is 5.45. The fourth-order valence-electron chi connectivity index (χ4n) is 0.913. The Bertz CT molecular complexity index is 107. The van der Waals surface area contributed by atoms with Gasteiger partial charge in [0.05, 0.1) is 6.10 Å². The van der Waals surface area contributed by atoms with Crippen LogP contribution in [0.3, 0.4) is 0 Å². The number of ether oxygens (including phenoxy) is 1. The van der Waals surface area contributed by atoms with Crippen LogP contribution in [0.15, 0.2) is 0 Å². The van der Waals surface area contributed by atoms with E-state index >= 15 is 0 Å². The lowest BCUT2D eigenvalue weighted by molar-refractivity contribution is 0.0504. The zero-order valence-electron chi connectivity index (χ0n) is 9.11. The van der Waals surface area contributed by atoms with E-state index in [4.69, 9.17) is 4.74 Å². The molecule has 74 valence electrons. The van der Waals surface area contributed by atoms with Gasteiger partial charge in [-0.2, -0.15) is 0 Å². The summed E-state index contributed by atoms with van der Waals surface area (Å²) in [6.07, 6.45) is 1.46. The van der Waals surface area contributed by atoms with Crippen LogP contribution in [-0.4, -0.2) is 26.3 Å². The largest absolute Gasteiger partial charge is 0.377 e. The first-order valence-electron chi connectivity index (χ1n) is 4.72. The molecule has 0 aromatic rings. The Morgan fingerprint density at radius 1 is 1.33 bits per heavy atom. The van der Waals surface area contributed by atoms with Crippen molar-refractivity contribution >= 4 is 0 Å². The summed E-state index contributed by atoms with van der Waals surface area (Å²) in [6.45, 7) is 10.6. The fraction of sp³-hybridized carbons (Fsp3) is 1.00. The molecule has 2 heteroatoms. The van der Waals surface area contributed by atoms with Gasteiger partial charge < -0.3 is 10.1 Å². The number of likely N-dealkylation sites (N-methyl/N-ethyl adjacent to an activating group) is 1. The Balaban J connectivity index is 3.31. The molecule has 0 aromatic heterocycles. The zero-order chi connectivity index (χ0) is 9.61. The van der Waals surface area contributed by atoms with Gasteiger partial charge in [-0.3, -0.25) is 0 Å². The zero-order valence-corrected chi connectivity index (χ0v) is 9.11. The monoisotopic (exact) mass is 173 g/mol. The average Bonchev–Trinajstić information content (AvgIpc) is 1.84. The third-order valence-corrected chi connectivity index (χ3v) is 1.75. The summed E-state index contributed by atoms with van der Waals surface area (Å²) >= 11 is 0. The molecule has 0 saturated heterocycles. The topological polar surface area (TPSA) is 21.3 Å². The molecule has 0 aliphatic heterocycles. The summed E-state index contributed by atoms with van der Waals surface area (Å²) in [5, 5.41) is 3.09. The van der Waals surface area contributed by atoms with Crippen molar-refractivity contribution in [2.75, 3.05) is 20.2 Å². The maximum Gasteiger partial charge on any atom is 0.0671 e. The van der Waals surface area contributed by atoms with Crippen molar-refractivity contribution in [2.45, 2.75) is 40.2 Å². The lowest BCUT2D eigenvalue weighted by atomic mass is 9.93. The van der Waals surface area contributed by atoms with Crippen LogP contribution in [0.5, 0.6) is 0 Å². The lowest BCUT2D eigenvalue weighted by Crippen LogP contribution is -2.25. The van der Waals surface area contributed by atoms with E-state index in [2.05, 4.69) is 33.0 Å². The third kappa shape index (κ3) is 8.02. The van der Waals surface area contributed by atoms with E-state index in [1.54, 1.807) is 0 Å². The normalized spacial score (nSPS) is 14.8. The van der Waals surface area contributed by atoms with E-state index in [0.29, 0.717) is 11.5 Å². The fourth-order valence-corrected chi connectivity index (χ4v) is 0.913. The van der Waals surface area contributed by atoms with Gasteiger partial charge in [-0.05, 0) is 25.8 Å². The standard InChI is InChI=1S/C10H23NO/c1-9(8-11-5)12-7-6-10(2,3)4/h9,11H,6-8H2,1-5H3. The summed E-state index contributed by atoms with van der Waals surface area (Å²) in [7, 11) is 1.95. The number of hydrogen-bond donors (Lipinski definition) is 1. The van der Waals surface area contributed by atoms with Crippen LogP contribution >= 0.6 is 0 Å². The molecule has 0 bridgehead atoms. The van der Waals surface area contributed by atoms with Gasteiger partial charge in [-0.1, -0.05) is 20.8 Å². The predicted octanol–water partition coefficient (Wildman–Crippen LogP) is 2.05. The van der Waals surface area contributed by atoms with Crippen LogP contribution < -0.4 is 5.32 Å². The van der Waals surface area contributed by atoms with Crippen LogP contribution in [-0.2, 0) is 4.74 Å². The number of rotatable bonds is 5. The molecule has 0 heterocycles. The van der Waals surface area contributed by atoms with Crippen molar-refractivity contribution in [3.05, 3.63) is 0 Å². The molecule has 0 aromatic carbocycles. The first kappa shape index (κ1) is 11.9. The minimum absolute atomic E-state index is 0.331. The molecular formula is C10H23NO. The molecule has 0 fully saturated rings. The van der Waals surface area contributed by atoms with Crippen molar-refractivity contribution in [2.24, 2.45) is 5.41 Å². The molecule has 0 spiro atoms. The highest BCUT2D eigenvalue weighted by Crippen LogP contribution is 2.18. The molecule has 12 heavy (non-hydrogen) atoms. The Labute approximate surface area is 76.7 Å². The van der Waals surface area contributed by atoms with E-state index in [0.717, 1.165) is 19.6 Å². The van der Waals surface area contributed by atoms with Crippen molar-refractivity contribution < 1.29 is 4.74 Å². The number of hydrogen-bond acceptors (Lipinski definition) is 2. The third-order valence-electron chi connectivity index (χ3n) is 1.75. The maximum atomic E-state index is 5.60. The van der Waals surface area contributed by atoms with Gasteiger partial charge >= 0.3 is 0 Å². The van der Waals surface area contributed by atoms with Crippen molar-refractivity contribution in [1.29, 1.82) is 0 Å². The lowest BCUT2D eigenvalue weighted by Gasteiger charge is -2.19. The smallest absolute Gasteiger partial charge is 0.0671 e. The molecule has 1 N–H and O–H groups in total. The summed E-state index contributed by atoms with van der Waals surface area (Å²) in [4.78, 5) is 0. The van der Waals surface area contributed by atoms with Gasteiger partial charge in [0.15, 0.2) is 0 Å². The van der Waals surface area contributed by atoms with Gasteiger partial charge in [0.1, 0.15) is 0 Å². The van der Waals surface area contributed by atoms with Crippen LogP contribution in [0.25, 0.3) is 0 Å². The Kier molecular flexibility index (Phi) is 5.51. The van der Waals surface area contributed by atoms with Crippen LogP contribution in [0, 0.1) is 5.41 Å². The second-order valence-corrected chi connectivity index (χ2v) is 4.55. The van der Waals surface area contributed by atoms with Crippen LogP contribution in [0.4, 0.5) is 0 Å². The van der Waals surface area contributed by atoms with Gasteiger partial charge in [-0.15, -0.1) is 0 Å². The molecular weight excluding hydrogens is 150 g/mol. The Morgan fingerprint density at radius 2 is 1.92 bits per heavy atom. The number of nitrogens with one attached hydrogen (secondary N) is 1. The second kappa shape index (κ2) is 5.55. The Hall–Kier alpha value is -0.0800. The van der Waals surface area contributed by atoms with Crippen LogP contribution in [0.2, 0.25) is 0 Å². The summed E-state index contributed by atoms with van der Waals surface area (Å²) in [6, 6.07) is 0. The van der Waals surface area contributed by atoms with Crippen molar-refractivity contribution in [3.8, 4) is 0 Å². The summed E-state index contributed by atoms with van der Waals surface area (Å²) in [5.41, 5.74) is 0.388. The van der Waals surface area contributed by atoms with E-state index in [1.807, 2.05) is 7.05 Å². The molecule has 0 aliphatic rings. The van der Waals surface area contributed by atoms with Gasteiger partial charge in [-0.25, -0.2) is 0 Å². The molecule has 2 nitrogen and oxygen atoms in total. The summed E-state index contributed by atoms with van der Waals surface area (Å²) in [5.74, 6) is 0. The Morgan fingerprint density at radius 3 is 2.33 bits per heavy atom. The minimum Gasteiger partial charge on any atom is -0.377 e. The molecule has 0 radical (unpaired) electrons. The molecule has 0 rings (SSSR count). The van der Waals surface area contributed by atoms with E-state index in [9.17, 15) is 0 Å². The summed E-state index contributed by atoms with van der Waals surface area (Å²) < 4.78 is 5.60. The molecule has 0 amide bonds. The molecule has 0 saturated carbocycles. The first-order valence-corrected chi connectivity index (χ1v) is 4.72. The quantitative estimate of drug-likeness (QED) is 0.687. The SMILES string of the molecule is CNCC(C)OCCC(C)(C)C. The highest BCUT2D eigenvalue weighted by molar-refractivity contribution is 4.61. The highest BCUT2D eigenvalue weighted by atomic mass is 16.5. The van der Waals surface area contributed by atoms with Gasteiger partial charge in [0.2, 0.25) is 0 Å². The highest BCUT2D eigenvalue weighted by Gasteiger charge is 2.10. The van der Waals surface area contributed by atoms with E-state index in [1.165, 1.54) is 0 Å². The predicted molar refractivity (Wildman–Crippen MR) is 53.4 cm³/mol. The second-order valence-electron chi connectivity index (χ2n) is 4.55. The van der Waals surface area contributed by atoms with Crippen molar-refractivity contribution in [1.82, 2.24) is 5.32 Å². The van der Waals surface area contributed by atoms with E-state index < -0.39 is 0 Å². The molecule has 1 unspecified atom stereocenters. The van der Waals surface area contributed by atoms with Crippen molar-refractivity contribution in [3.63, 3.8) is 0 Å². The minimum atomic E-state index is 0.331. The van der Waals surface area contributed by atoms with E-state index in [-0.39, 0.29) is 0 Å². The van der Waals surface area contributed by atoms with Crippen LogP contribution in [0.1, 0.15) is 34.1 Å². The van der Waals surface area contributed by atoms with Gasteiger partial charge in [0, 0.05) is 13.2 Å². The van der Waals surface area contributed by atoms with Gasteiger partial charge in [0.25, 0.3) is 0 Å². The molecule has 1 atom stereocenters. The maximum absolute atomic E-state index is 5.60. The molecule has 0 aliphatic carbocycles.